The van der Waals surface area contributed by atoms with Crippen LogP contribution in [0.3, 0.4) is 0 Å². The van der Waals surface area contributed by atoms with E-state index in [1.165, 1.54) is 23.9 Å². The van der Waals surface area contributed by atoms with E-state index < -0.39 is 0 Å². The van der Waals surface area contributed by atoms with Gasteiger partial charge in [-0.25, -0.2) is 0 Å². The van der Waals surface area contributed by atoms with Crippen LogP contribution in [-0.2, 0) is 6.42 Å². The number of hydrogen-bond acceptors (Lipinski definition) is 5. The molecule has 0 aromatic heterocycles. The van der Waals surface area contributed by atoms with E-state index >= 15 is 0 Å². The van der Waals surface area contributed by atoms with Gasteiger partial charge in [-0.3, -0.25) is 4.79 Å². The van der Waals surface area contributed by atoms with Gasteiger partial charge in [-0.1, -0.05) is 17.8 Å². The number of hydrogen-bond donors (Lipinski definition) is 2. The molecular weight excluding hydrogens is 292 g/mol. The first-order valence-corrected chi connectivity index (χ1v) is 8.06. The van der Waals surface area contributed by atoms with Crippen molar-refractivity contribution in [3.05, 3.63) is 41.5 Å². The summed E-state index contributed by atoms with van der Waals surface area (Å²) in [5.41, 5.74) is 1.25. The van der Waals surface area contributed by atoms with Crippen molar-refractivity contribution in [3.8, 4) is 11.5 Å². The van der Waals surface area contributed by atoms with Crippen LogP contribution in [0.25, 0.3) is 0 Å². The number of phenolic OH excluding ortho intramolecular Hbond substituents is 2. The molecule has 102 valence electrons. The summed E-state index contributed by atoms with van der Waals surface area (Å²) in [5.74, 6) is -0.318. The number of Topliss-reactive ketones (excluding diaryl/α,β-unsaturated/α-hetero) is 1. The van der Waals surface area contributed by atoms with E-state index in [0.717, 1.165) is 15.4 Å². The van der Waals surface area contributed by atoms with E-state index in [-0.39, 0.29) is 23.7 Å². The van der Waals surface area contributed by atoms with E-state index in [2.05, 4.69) is 0 Å². The van der Waals surface area contributed by atoms with Crippen LogP contribution in [0.4, 0.5) is 0 Å². The summed E-state index contributed by atoms with van der Waals surface area (Å²) in [5, 5.41) is 19.5. The third kappa shape index (κ3) is 2.27. The molecule has 0 saturated heterocycles. The molecule has 5 heteroatoms. The second kappa shape index (κ2) is 5.07. The van der Waals surface area contributed by atoms with Crippen LogP contribution < -0.4 is 0 Å². The summed E-state index contributed by atoms with van der Waals surface area (Å²) in [7, 11) is 0. The van der Waals surface area contributed by atoms with Crippen molar-refractivity contribution in [3.63, 3.8) is 0 Å². The molecule has 0 unspecified atom stereocenters. The Morgan fingerprint density at radius 3 is 2.70 bits per heavy atom. The molecule has 0 amide bonds. The van der Waals surface area contributed by atoms with Crippen LogP contribution in [-0.4, -0.2) is 22.3 Å². The van der Waals surface area contributed by atoms with Crippen molar-refractivity contribution < 1.29 is 15.0 Å². The van der Waals surface area contributed by atoms with Gasteiger partial charge in [0.1, 0.15) is 11.5 Å². The number of phenols is 2. The number of carbonyl (C=O) groups excluding carboxylic acids is 1. The van der Waals surface area contributed by atoms with Crippen molar-refractivity contribution in [2.45, 2.75) is 21.1 Å². The topological polar surface area (TPSA) is 57.5 Å². The maximum atomic E-state index is 12.3. The summed E-state index contributed by atoms with van der Waals surface area (Å²) >= 11 is 3.05. The maximum Gasteiger partial charge on any atom is 0.172 e. The van der Waals surface area contributed by atoms with Gasteiger partial charge in [0.2, 0.25) is 0 Å². The Morgan fingerprint density at radius 1 is 1.15 bits per heavy atom. The van der Waals surface area contributed by atoms with Crippen LogP contribution in [0.5, 0.6) is 11.5 Å². The highest BCUT2D eigenvalue weighted by Gasteiger charge is 2.24. The van der Waals surface area contributed by atoms with Gasteiger partial charge in [-0.05, 0) is 30.0 Å². The lowest BCUT2D eigenvalue weighted by molar-refractivity contribution is 0.0987. The van der Waals surface area contributed by atoms with Crippen molar-refractivity contribution in [1.29, 1.82) is 0 Å². The van der Waals surface area contributed by atoms with Crippen LogP contribution in [0.15, 0.2) is 45.0 Å². The van der Waals surface area contributed by atoms with Crippen molar-refractivity contribution >= 4 is 29.3 Å². The lowest BCUT2D eigenvalue weighted by Gasteiger charge is -2.08. The Hall–Kier alpha value is -1.59. The second-order valence-electron chi connectivity index (χ2n) is 4.51. The minimum Gasteiger partial charge on any atom is -0.508 e. The molecule has 0 saturated carbocycles. The van der Waals surface area contributed by atoms with Crippen molar-refractivity contribution in [1.82, 2.24) is 0 Å². The molecule has 20 heavy (non-hydrogen) atoms. The number of carbonyl (C=O) groups is 1. The Morgan fingerprint density at radius 2 is 1.95 bits per heavy atom. The molecule has 1 aliphatic heterocycles. The highest BCUT2D eigenvalue weighted by Crippen LogP contribution is 2.43. The van der Waals surface area contributed by atoms with Gasteiger partial charge in [0, 0.05) is 27.2 Å². The molecule has 2 aromatic carbocycles. The van der Waals surface area contributed by atoms with Crippen molar-refractivity contribution in [2.24, 2.45) is 0 Å². The summed E-state index contributed by atoms with van der Waals surface area (Å²) in [6.07, 6.45) is 2.27. The third-order valence-corrected chi connectivity index (χ3v) is 5.06. The van der Waals surface area contributed by atoms with Gasteiger partial charge in [-0.2, -0.15) is 0 Å². The number of ketones is 1. The van der Waals surface area contributed by atoms with Gasteiger partial charge in [0.15, 0.2) is 5.78 Å². The molecule has 2 N–H and O–H groups in total. The largest absolute Gasteiger partial charge is 0.508 e. The third-order valence-electron chi connectivity index (χ3n) is 3.19. The Bertz CT molecular complexity index is 711. The monoisotopic (exact) mass is 304 g/mol. The molecule has 0 atom stereocenters. The zero-order chi connectivity index (χ0) is 14.3. The molecule has 0 radical (unpaired) electrons. The van der Waals surface area contributed by atoms with E-state index in [9.17, 15) is 15.0 Å². The van der Waals surface area contributed by atoms with E-state index in [4.69, 9.17) is 0 Å². The van der Waals surface area contributed by atoms with Gasteiger partial charge in [0.05, 0.1) is 5.56 Å². The summed E-state index contributed by atoms with van der Waals surface area (Å²) in [4.78, 5) is 15.0. The lowest BCUT2D eigenvalue weighted by Crippen LogP contribution is -2.03. The number of aromatic hydroxyl groups is 2. The highest BCUT2D eigenvalue weighted by atomic mass is 32.2. The highest BCUT2D eigenvalue weighted by molar-refractivity contribution is 8.00. The summed E-state index contributed by atoms with van der Waals surface area (Å²) in [6, 6.07) is 8.72. The number of thioether (sulfide) groups is 1. The smallest absolute Gasteiger partial charge is 0.172 e. The first-order chi connectivity index (χ1) is 9.58. The lowest BCUT2D eigenvalue weighted by atomic mass is 10.0. The van der Waals surface area contributed by atoms with Crippen molar-refractivity contribution in [2.75, 3.05) is 6.26 Å². The van der Waals surface area contributed by atoms with Crippen LogP contribution in [0.2, 0.25) is 0 Å². The SMILES string of the molecule is CSc1ccc2c(c1)Sc1cc(O)cc(O)c1C(=O)C2. The first-order valence-electron chi connectivity index (χ1n) is 6.02. The number of fused-ring (bicyclic) bond motifs is 2. The number of rotatable bonds is 1. The van der Waals surface area contributed by atoms with Gasteiger partial charge >= 0.3 is 0 Å². The van der Waals surface area contributed by atoms with Gasteiger partial charge in [-0.15, -0.1) is 11.8 Å². The Kier molecular flexibility index (Phi) is 3.40. The predicted molar refractivity (Wildman–Crippen MR) is 80.2 cm³/mol. The predicted octanol–water partition coefficient (Wildman–Crippen LogP) is 3.71. The summed E-state index contributed by atoms with van der Waals surface area (Å²) < 4.78 is 0. The van der Waals surface area contributed by atoms with Crippen LogP contribution >= 0.6 is 23.5 Å². The fourth-order valence-corrected chi connectivity index (χ4v) is 3.94. The quantitative estimate of drug-likeness (QED) is 0.787. The van der Waals surface area contributed by atoms with E-state index in [1.807, 2.05) is 24.5 Å². The molecular formula is C15H12O3S2. The Labute approximate surface area is 125 Å². The molecule has 1 aliphatic rings. The van der Waals surface area contributed by atoms with Gasteiger partial charge in [0.25, 0.3) is 0 Å². The molecule has 2 aromatic rings. The molecule has 0 aliphatic carbocycles. The average Bonchev–Trinajstić information content (AvgIpc) is 2.52. The standard InChI is InChI=1S/C15H12O3S2/c1-19-10-3-2-8-4-11(17)15-12(18)5-9(16)6-14(15)20-13(8)7-10/h2-3,5-7,16,18H,4H2,1H3. The Balaban J connectivity index is 2.18. The average molecular weight is 304 g/mol. The molecule has 0 fully saturated rings. The van der Waals surface area contributed by atoms with E-state index in [1.54, 1.807) is 11.8 Å². The zero-order valence-electron chi connectivity index (χ0n) is 10.7. The normalized spacial score (nSPS) is 13.6. The first kappa shape index (κ1) is 13.4. The minimum absolute atomic E-state index is 0.0361. The van der Waals surface area contributed by atoms with E-state index in [0.29, 0.717) is 10.5 Å². The second-order valence-corrected chi connectivity index (χ2v) is 6.48. The van der Waals surface area contributed by atoms with Crippen LogP contribution in [0.1, 0.15) is 15.9 Å². The molecule has 0 bridgehead atoms. The minimum atomic E-state index is -0.157. The zero-order valence-corrected chi connectivity index (χ0v) is 12.3. The molecule has 1 heterocycles. The van der Waals surface area contributed by atoms with Gasteiger partial charge < -0.3 is 10.2 Å². The molecule has 3 rings (SSSR count). The van der Waals surface area contributed by atoms with Crippen LogP contribution in [0, 0.1) is 0 Å². The fourth-order valence-electron chi connectivity index (χ4n) is 2.23. The summed E-state index contributed by atoms with van der Waals surface area (Å²) in [6.45, 7) is 0. The number of benzene rings is 2. The fraction of sp³-hybridized carbons (Fsp3) is 0.133. The molecule has 0 spiro atoms. The molecule has 3 nitrogen and oxygen atoms in total. The maximum absolute atomic E-state index is 12.3.